The lowest BCUT2D eigenvalue weighted by molar-refractivity contribution is 0.410. The lowest BCUT2D eigenvalue weighted by Crippen LogP contribution is -2.18. The zero-order chi connectivity index (χ0) is 11.9. The molecular weight excluding hydrogens is 220 g/mol. The third-order valence-corrected chi connectivity index (χ3v) is 4.68. The molecule has 1 fully saturated rings. The largest absolute Gasteiger partial charge is 0.237 e. The summed E-state index contributed by atoms with van der Waals surface area (Å²) in [6, 6.07) is 10.6. The molecule has 0 spiro atoms. The molecule has 2 heteroatoms. The first-order valence-corrected chi connectivity index (χ1v) is 7.06. The number of nitrogens with zero attached hydrogens (tertiary/aromatic N) is 2. The molecule has 0 N–H and O–H groups in total. The second kappa shape index (κ2) is 3.98. The molecule has 1 saturated carbocycles. The lowest BCUT2D eigenvalue weighted by atomic mass is 9.81. The van der Waals surface area contributed by atoms with Gasteiger partial charge in [-0.3, -0.25) is 0 Å². The van der Waals surface area contributed by atoms with Crippen LogP contribution in [0.1, 0.15) is 42.9 Å². The molecule has 2 aromatic rings. The van der Waals surface area contributed by atoms with E-state index in [1.165, 1.54) is 49.0 Å². The summed E-state index contributed by atoms with van der Waals surface area (Å²) < 4.78 is 2.19. The van der Waals surface area contributed by atoms with Crippen LogP contribution in [0.15, 0.2) is 36.5 Å². The number of hydrogen-bond donors (Lipinski definition) is 0. The van der Waals surface area contributed by atoms with Gasteiger partial charge in [0.2, 0.25) is 0 Å². The topological polar surface area (TPSA) is 17.8 Å². The minimum absolute atomic E-state index is 0.761. The van der Waals surface area contributed by atoms with Crippen LogP contribution >= 0.6 is 0 Å². The Hall–Kier alpha value is -1.57. The van der Waals surface area contributed by atoms with Crippen LogP contribution in [0.25, 0.3) is 5.69 Å². The molecule has 4 rings (SSSR count). The second-order valence-electron chi connectivity index (χ2n) is 5.64. The highest BCUT2D eigenvalue weighted by Gasteiger charge is 2.36. The first kappa shape index (κ1) is 10.4. The maximum absolute atomic E-state index is 4.65. The molecule has 1 heterocycles. The van der Waals surface area contributed by atoms with Crippen LogP contribution in [0, 0.1) is 5.92 Å². The summed E-state index contributed by atoms with van der Waals surface area (Å²) in [6.45, 7) is 0. The second-order valence-corrected chi connectivity index (χ2v) is 5.64. The van der Waals surface area contributed by atoms with E-state index in [0.717, 1.165) is 11.8 Å². The van der Waals surface area contributed by atoms with Crippen molar-refractivity contribution in [3.8, 4) is 5.69 Å². The van der Waals surface area contributed by atoms with E-state index in [2.05, 4.69) is 46.3 Å². The van der Waals surface area contributed by atoms with Gasteiger partial charge in [-0.1, -0.05) is 24.6 Å². The van der Waals surface area contributed by atoms with Crippen molar-refractivity contribution in [1.82, 2.24) is 9.78 Å². The van der Waals surface area contributed by atoms with Gasteiger partial charge < -0.3 is 0 Å². The average molecular weight is 238 g/mol. The maximum atomic E-state index is 4.65. The Balaban J connectivity index is 1.85. The molecule has 1 aromatic heterocycles. The Morgan fingerprint density at radius 1 is 1.06 bits per heavy atom. The smallest absolute Gasteiger partial charge is 0.0649 e. The van der Waals surface area contributed by atoms with Gasteiger partial charge in [-0.25, -0.2) is 4.68 Å². The normalized spacial score (nSPS) is 25.8. The summed E-state index contributed by atoms with van der Waals surface area (Å²) in [5.41, 5.74) is 4.21. The number of hydrogen-bond acceptors (Lipinski definition) is 1. The van der Waals surface area contributed by atoms with E-state index in [1.807, 2.05) is 0 Å². The third-order valence-electron chi connectivity index (χ3n) is 4.68. The van der Waals surface area contributed by atoms with Gasteiger partial charge in [0.1, 0.15) is 0 Å². The van der Waals surface area contributed by atoms with Crippen molar-refractivity contribution < 1.29 is 0 Å². The molecule has 0 radical (unpaired) electrons. The van der Waals surface area contributed by atoms with Crippen molar-refractivity contribution in [2.75, 3.05) is 0 Å². The van der Waals surface area contributed by atoms with Crippen LogP contribution in [-0.4, -0.2) is 9.78 Å². The number of benzene rings is 1. The monoisotopic (exact) mass is 238 g/mol. The van der Waals surface area contributed by atoms with Crippen molar-refractivity contribution in [3.63, 3.8) is 0 Å². The fraction of sp³-hybridized carbons (Fsp3) is 0.438. The molecule has 2 atom stereocenters. The minimum atomic E-state index is 0.761. The fourth-order valence-corrected chi connectivity index (χ4v) is 3.84. The molecule has 92 valence electrons. The molecule has 2 unspecified atom stereocenters. The molecule has 18 heavy (non-hydrogen) atoms. The number of rotatable bonds is 1. The summed E-state index contributed by atoms with van der Waals surface area (Å²) in [5.74, 6) is 1.67. The predicted octanol–water partition coefficient (Wildman–Crippen LogP) is 3.70. The molecular formula is C16H18N2. The molecule has 1 aromatic carbocycles. The van der Waals surface area contributed by atoms with Crippen LogP contribution in [-0.2, 0) is 6.42 Å². The lowest BCUT2D eigenvalue weighted by Gasteiger charge is -2.27. The van der Waals surface area contributed by atoms with Crippen molar-refractivity contribution in [2.24, 2.45) is 5.92 Å². The van der Waals surface area contributed by atoms with Gasteiger partial charge in [0.15, 0.2) is 0 Å². The van der Waals surface area contributed by atoms with E-state index >= 15 is 0 Å². The van der Waals surface area contributed by atoms with Crippen LogP contribution in [0.3, 0.4) is 0 Å². The summed E-state index contributed by atoms with van der Waals surface area (Å²) in [4.78, 5) is 0. The minimum Gasteiger partial charge on any atom is -0.237 e. The van der Waals surface area contributed by atoms with Gasteiger partial charge in [0.05, 0.1) is 17.6 Å². The Kier molecular flexibility index (Phi) is 2.29. The number of fused-ring (bicyclic) bond motifs is 3. The third kappa shape index (κ3) is 1.45. The highest BCUT2D eigenvalue weighted by molar-refractivity contribution is 5.38. The Morgan fingerprint density at radius 3 is 2.83 bits per heavy atom. The first-order chi connectivity index (χ1) is 8.93. The Labute approximate surface area is 108 Å². The van der Waals surface area contributed by atoms with Gasteiger partial charge in [0.25, 0.3) is 0 Å². The van der Waals surface area contributed by atoms with E-state index in [-0.39, 0.29) is 0 Å². The Morgan fingerprint density at radius 2 is 1.94 bits per heavy atom. The highest BCUT2D eigenvalue weighted by atomic mass is 15.3. The van der Waals surface area contributed by atoms with Crippen LogP contribution < -0.4 is 0 Å². The fourth-order valence-electron chi connectivity index (χ4n) is 3.84. The van der Waals surface area contributed by atoms with Crippen molar-refractivity contribution >= 4 is 0 Å². The molecule has 0 aliphatic heterocycles. The van der Waals surface area contributed by atoms with Gasteiger partial charge >= 0.3 is 0 Å². The van der Waals surface area contributed by atoms with E-state index < -0.39 is 0 Å². The number of para-hydroxylation sites is 1. The van der Waals surface area contributed by atoms with Crippen molar-refractivity contribution in [2.45, 2.75) is 38.0 Å². The number of aryl methyl sites for hydroxylation is 1. The predicted molar refractivity (Wildman–Crippen MR) is 72.0 cm³/mol. The standard InChI is InChI=1S/C16H18N2/c1-2-6-14(7-3-1)18-16-13(11-17-18)10-9-12-5-4-8-15(12)16/h1-3,6-7,11-12,15H,4-5,8-10H2. The van der Waals surface area contributed by atoms with Gasteiger partial charge in [-0.05, 0) is 49.3 Å². The highest BCUT2D eigenvalue weighted by Crippen LogP contribution is 2.47. The van der Waals surface area contributed by atoms with Gasteiger partial charge in [-0.2, -0.15) is 5.10 Å². The summed E-state index contributed by atoms with van der Waals surface area (Å²) in [5, 5.41) is 4.65. The van der Waals surface area contributed by atoms with E-state index in [4.69, 9.17) is 0 Å². The summed E-state index contributed by atoms with van der Waals surface area (Å²) in [7, 11) is 0. The average Bonchev–Trinajstić information content (AvgIpc) is 3.05. The van der Waals surface area contributed by atoms with Crippen LogP contribution in [0.2, 0.25) is 0 Å². The van der Waals surface area contributed by atoms with Gasteiger partial charge in [0, 0.05) is 5.92 Å². The molecule has 2 aliphatic rings. The number of aromatic nitrogens is 2. The zero-order valence-electron chi connectivity index (χ0n) is 10.5. The van der Waals surface area contributed by atoms with Crippen LogP contribution in [0.4, 0.5) is 0 Å². The molecule has 2 aliphatic carbocycles. The molecule has 0 amide bonds. The first-order valence-electron chi connectivity index (χ1n) is 7.06. The quantitative estimate of drug-likeness (QED) is 0.740. The molecule has 0 bridgehead atoms. The van der Waals surface area contributed by atoms with E-state index in [9.17, 15) is 0 Å². The van der Waals surface area contributed by atoms with E-state index in [0.29, 0.717) is 0 Å². The summed E-state index contributed by atoms with van der Waals surface area (Å²) in [6.07, 6.45) is 8.87. The Bertz CT molecular complexity index is 556. The van der Waals surface area contributed by atoms with Crippen molar-refractivity contribution in [3.05, 3.63) is 47.8 Å². The SMILES string of the molecule is c1ccc(-n2ncc3c2C2CCCC2CC3)cc1. The van der Waals surface area contributed by atoms with Crippen LogP contribution in [0.5, 0.6) is 0 Å². The maximum Gasteiger partial charge on any atom is 0.0649 e. The van der Waals surface area contributed by atoms with Crippen molar-refractivity contribution in [1.29, 1.82) is 0 Å². The molecule has 2 nitrogen and oxygen atoms in total. The van der Waals surface area contributed by atoms with Gasteiger partial charge in [-0.15, -0.1) is 0 Å². The van der Waals surface area contributed by atoms with E-state index in [1.54, 1.807) is 0 Å². The summed E-state index contributed by atoms with van der Waals surface area (Å²) >= 11 is 0. The molecule has 0 saturated heterocycles. The zero-order valence-corrected chi connectivity index (χ0v) is 10.5.